The molecular formula is C25H30FN3O2. The van der Waals surface area contributed by atoms with Crippen LogP contribution in [0.15, 0.2) is 66.9 Å². The number of para-hydroxylation sites is 1. The molecule has 3 rings (SSSR count). The van der Waals surface area contributed by atoms with Gasteiger partial charge in [0, 0.05) is 44.4 Å². The summed E-state index contributed by atoms with van der Waals surface area (Å²) < 4.78 is 20.8. The summed E-state index contributed by atoms with van der Waals surface area (Å²) in [4.78, 5) is 14.9. The van der Waals surface area contributed by atoms with Crippen LogP contribution in [0.2, 0.25) is 0 Å². The highest BCUT2D eigenvalue weighted by Gasteiger charge is 2.17. The van der Waals surface area contributed by atoms with E-state index >= 15 is 0 Å². The van der Waals surface area contributed by atoms with Crippen molar-refractivity contribution in [2.24, 2.45) is 0 Å². The van der Waals surface area contributed by atoms with E-state index in [0.29, 0.717) is 26.2 Å². The lowest BCUT2D eigenvalue weighted by molar-refractivity contribution is 0.171. The van der Waals surface area contributed by atoms with Crippen LogP contribution in [-0.4, -0.2) is 35.8 Å². The standard InChI is InChI=1S/C25H30FN3O2/c1-3-21-10-4-5-13-24(21)27-25(30)29(15-8-16-31-2)19-23-12-7-14-28(23)18-20-9-6-11-22(26)17-20/h4-7,9-14,17H,3,8,15-16,18-19H2,1-2H3,(H,27,30). The number of hydrogen-bond acceptors (Lipinski definition) is 2. The van der Waals surface area contributed by atoms with E-state index in [2.05, 4.69) is 12.2 Å². The van der Waals surface area contributed by atoms with Crippen molar-refractivity contribution in [2.45, 2.75) is 32.9 Å². The van der Waals surface area contributed by atoms with E-state index in [1.165, 1.54) is 12.1 Å². The molecule has 3 aromatic rings. The summed E-state index contributed by atoms with van der Waals surface area (Å²) in [7, 11) is 1.66. The van der Waals surface area contributed by atoms with Crippen molar-refractivity contribution in [3.8, 4) is 0 Å². The van der Waals surface area contributed by atoms with Crippen LogP contribution in [0.3, 0.4) is 0 Å². The number of urea groups is 1. The normalized spacial score (nSPS) is 10.8. The first-order valence-electron chi connectivity index (χ1n) is 10.6. The zero-order valence-corrected chi connectivity index (χ0v) is 18.2. The molecule has 0 fully saturated rings. The summed E-state index contributed by atoms with van der Waals surface area (Å²) in [5.41, 5.74) is 3.80. The summed E-state index contributed by atoms with van der Waals surface area (Å²) >= 11 is 0. The van der Waals surface area contributed by atoms with E-state index in [9.17, 15) is 9.18 Å². The van der Waals surface area contributed by atoms with Crippen LogP contribution in [0.1, 0.15) is 30.2 Å². The Labute approximate surface area is 183 Å². The van der Waals surface area contributed by atoms with Gasteiger partial charge in [-0.1, -0.05) is 37.3 Å². The Bertz CT molecular complexity index is 986. The molecule has 0 atom stereocenters. The molecule has 0 spiro atoms. The molecule has 0 bridgehead atoms. The second-order valence-corrected chi connectivity index (χ2v) is 7.47. The number of nitrogens with zero attached hydrogens (tertiary/aromatic N) is 2. The van der Waals surface area contributed by atoms with Gasteiger partial charge in [0.2, 0.25) is 0 Å². The lowest BCUT2D eigenvalue weighted by atomic mass is 10.1. The molecule has 1 N–H and O–H groups in total. The SMILES string of the molecule is CCc1ccccc1NC(=O)N(CCCOC)Cc1cccn1Cc1cccc(F)c1. The molecule has 0 unspecified atom stereocenters. The first-order valence-corrected chi connectivity index (χ1v) is 10.6. The van der Waals surface area contributed by atoms with Gasteiger partial charge in [0.15, 0.2) is 0 Å². The van der Waals surface area contributed by atoms with Crippen molar-refractivity contribution in [1.29, 1.82) is 0 Å². The van der Waals surface area contributed by atoms with Gasteiger partial charge in [-0.25, -0.2) is 9.18 Å². The van der Waals surface area contributed by atoms with Crippen molar-refractivity contribution in [3.05, 3.63) is 89.5 Å². The number of hydrogen-bond donors (Lipinski definition) is 1. The predicted octanol–water partition coefficient (Wildman–Crippen LogP) is 5.31. The number of amides is 2. The van der Waals surface area contributed by atoms with Crippen molar-refractivity contribution >= 4 is 11.7 Å². The number of nitrogens with one attached hydrogen (secondary N) is 1. The van der Waals surface area contributed by atoms with Crippen molar-refractivity contribution in [3.63, 3.8) is 0 Å². The first kappa shape index (κ1) is 22.6. The van der Waals surface area contributed by atoms with Crippen LogP contribution < -0.4 is 5.32 Å². The smallest absolute Gasteiger partial charge is 0.322 e. The minimum atomic E-state index is -0.249. The van der Waals surface area contributed by atoms with E-state index in [1.807, 2.05) is 53.2 Å². The number of carbonyl (C=O) groups is 1. The number of halogens is 1. The molecular weight excluding hydrogens is 393 g/mol. The first-order chi connectivity index (χ1) is 15.1. The molecule has 1 heterocycles. The maximum atomic E-state index is 13.6. The summed E-state index contributed by atoms with van der Waals surface area (Å²) in [6.07, 6.45) is 3.54. The molecule has 6 heteroatoms. The van der Waals surface area contributed by atoms with Crippen LogP contribution in [0.25, 0.3) is 0 Å². The fourth-order valence-electron chi connectivity index (χ4n) is 3.57. The van der Waals surface area contributed by atoms with E-state index in [1.54, 1.807) is 18.1 Å². The van der Waals surface area contributed by atoms with Crippen molar-refractivity contribution < 1.29 is 13.9 Å². The number of ether oxygens (including phenoxy) is 1. The Morgan fingerprint density at radius 2 is 1.97 bits per heavy atom. The molecule has 0 aliphatic heterocycles. The molecule has 0 saturated heterocycles. The maximum absolute atomic E-state index is 13.6. The Kier molecular flexibility index (Phi) is 8.24. The summed E-state index contributed by atoms with van der Waals surface area (Å²) in [6, 6.07) is 18.2. The van der Waals surface area contributed by atoms with Crippen LogP contribution in [0.4, 0.5) is 14.9 Å². The van der Waals surface area contributed by atoms with Gasteiger partial charge in [-0.15, -0.1) is 0 Å². The van der Waals surface area contributed by atoms with E-state index in [4.69, 9.17) is 4.74 Å². The van der Waals surface area contributed by atoms with Gasteiger partial charge in [0.1, 0.15) is 5.82 Å². The number of methoxy groups -OCH3 is 1. The van der Waals surface area contributed by atoms with Crippen LogP contribution >= 0.6 is 0 Å². The molecule has 2 amide bonds. The van der Waals surface area contributed by atoms with E-state index in [-0.39, 0.29) is 11.8 Å². The highest BCUT2D eigenvalue weighted by molar-refractivity contribution is 5.90. The summed E-state index contributed by atoms with van der Waals surface area (Å²) in [5, 5.41) is 3.06. The predicted molar refractivity (Wildman–Crippen MR) is 122 cm³/mol. The van der Waals surface area contributed by atoms with Gasteiger partial charge in [-0.3, -0.25) is 0 Å². The topological polar surface area (TPSA) is 46.5 Å². The van der Waals surface area contributed by atoms with Crippen molar-refractivity contribution in [2.75, 3.05) is 25.6 Å². The maximum Gasteiger partial charge on any atom is 0.322 e. The third kappa shape index (κ3) is 6.43. The van der Waals surface area contributed by atoms with Crippen LogP contribution in [0, 0.1) is 5.82 Å². The van der Waals surface area contributed by atoms with Gasteiger partial charge in [-0.05, 0) is 54.3 Å². The third-order valence-electron chi connectivity index (χ3n) is 5.22. The Balaban J connectivity index is 1.75. The number of anilines is 1. The van der Waals surface area contributed by atoms with E-state index < -0.39 is 0 Å². The Hall–Kier alpha value is -3.12. The molecule has 5 nitrogen and oxygen atoms in total. The fourth-order valence-corrected chi connectivity index (χ4v) is 3.57. The zero-order chi connectivity index (χ0) is 22.1. The molecule has 164 valence electrons. The van der Waals surface area contributed by atoms with E-state index in [0.717, 1.165) is 35.3 Å². The second-order valence-electron chi connectivity index (χ2n) is 7.47. The quantitative estimate of drug-likeness (QED) is 0.449. The van der Waals surface area contributed by atoms with Crippen LogP contribution in [0.5, 0.6) is 0 Å². The van der Waals surface area contributed by atoms with Crippen molar-refractivity contribution in [1.82, 2.24) is 9.47 Å². The lowest BCUT2D eigenvalue weighted by Gasteiger charge is -2.24. The van der Waals surface area contributed by atoms with Gasteiger partial charge < -0.3 is 19.5 Å². The third-order valence-corrected chi connectivity index (χ3v) is 5.22. The van der Waals surface area contributed by atoms with Gasteiger partial charge in [0.25, 0.3) is 0 Å². The minimum absolute atomic E-state index is 0.143. The zero-order valence-electron chi connectivity index (χ0n) is 18.2. The summed E-state index contributed by atoms with van der Waals surface area (Å²) in [5.74, 6) is -0.249. The minimum Gasteiger partial charge on any atom is -0.385 e. The average molecular weight is 424 g/mol. The molecule has 0 aliphatic rings. The van der Waals surface area contributed by atoms with Gasteiger partial charge in [0.05, 0.1) is 6.54 Å². The number of aromatic nitrogens is 1. The number of carbonyl (C=O) groups excluding carboxylic acids is 1. The molecule has 1 aromatic heterocycles. The molecule has 31 heavy (non-hydrogen) atoms. The summed E-state index contributed by atoms with van der Waals surface area (Å²) in [6.45, 7) is 4.22. The second kappa shape index (κ2) is 11.3. The Morgan fingerprint density at radius 3 is 2.74 bits per heavy atom. The lowest BCUT2D eigenvalue weighted by Crippen LogP contribution is -2.36. The van der Waals surface area contributed by atoms with Gasteiger partial charge >= 0.3 is 6.03 Å². The molecule has 0 aliphatic carbocycles. The molecule has 0 saturated carbocycles. The largest absolute Gasteiger partial charge is 0.385 e. The highest BCUT2D eigenvalue weighted by Crippen LogP contribution is 2.18. The number of benzene rings is 2. The number of rotatable bonds is 10. The van der Waals surface area contributed by atoms with Gasteiger partial charge in [-0.2, -0.15) is 0 Å². The molecule has 0 radical (unpaired) electrons. The Morgan fingerprint density at radius 1 is 1.13 bits per heavy atom. The fraction of sp³-hybridized carbons (Fsp3) is 0.320. The van der Waals surface area contributed by atoms with Crippen LogP contribution in [-0.2, 0) is 24.2 Å². The average Bonchev–Trinajstić information content (AvgIpc) is 3.20. The highest BCUT2D eigenvalue weighted by atomic mass is 19.1. The molecule has 2 aromatic carbocycles. The number of aryl methyl sites for hydroxylation is 1. The monoisotopic (exact) mass is 423 g/mol.